The molecule has 158 valence electrons. The van der Waals surface area contributed by atoms with Crippen molar-refractivity contribution in [2.45, 2.75) is 0 Å². The molecular weight excluding hydrogens is 400 g/mol. The highest BCUT2D eigenvalue weighted by Gasteiger charge is 2.22. The Morgan fingerprint density at radius 1 is 1.07 bits per heavy atom. The van der Waals surface area contributed by atoms with E-state index in [1.54, 1.807) is 0 Å². The van der Waals surface area contributed by atoms with Gasteiger partial charge in [-0.15, -0.1) is 0 Å². The average molecular weight is 419 g/mol. The van der Waals surface area contributed by atoms with E-state index in [0.29, 0.717) is 19.8 Å². The van der Waals surface area contributed by atoms with Gasteiger partial charge in [-0.25, -0.2) is 8.78 Å². The molecule has 2 N–H and O–H groups in total. The van der Waals surface area contributed by atoms with Crippen molar-refractivity contribution in [3.63, 3.8) is 0 Å². The van der Waals surface area contributed by atoms with Gasteiger partial charge in [-0.2, -0.15) is 0 Å². The molecule has 9 heteroatoms. The zero-order valence-corrected chi connectivity index (χ0v) is 15.9. The van der Waals surface area contributed by atoms with Gasteiger partial charge >= 0.3 is 0 Å². The summed E-state index contributed by atoms with van der Waals surface area (Å²) < 4.78 is 43.9. The van der Waals surface area contributed by atoms with Gasteiger partial charge < -0.3 is 24.1 Å². The van der Waals surface area contributed by atoms with Gasteiger partial charge in [0.25, 0.3) is 0 Å². The van der Waals surface area contributed by atoms with Crippen LogP contribution < -0.4 is 10.2 Å². The molecule has 1 aliphatic rings. The quantitative estimate of drug-likeness (QED) is 0.657. The van der Waals surface area contributed by atoms with Gasteiger partial charge in [0.05, 0.1) is 13.2 Å². The van der Waals surface area contributed by atoms with Crippen LogP contribution in [0, 0.1) is 11.6 Å². The van der Waals surface area contributed by atoms with E-state index in [-0.39, 0.29) is 40.4 Å². The molecule has 0 atom stereocenters. The Morgan fingerprint density at radius 2 is 1.83 bits per heavy atom. The summed E-state index contributed by atoms with van der Waals surface area (Å²) in [5.41, 5.74) is -0.717. The molecule has 1 saturated heterocycles. The van der Waals surface area contributed by atoms with Crippen LogP contribution in [-0.4, -0.2) is 54.6 Å². The van der Waals surface area contributed by atoms with Crippen LogP contribution in [0.3, 0.4) is 0 Å². The largest absolute Gasteiger partial charge is 0.508 e. The highest BCUT2D eigenvalue weighted by molar-refractivity contribution is 5.88. The van der Waals surface area contributed by atoms with Crippen LogP contribution in [-0.2, 0) is 4.74 Å². The number of nitrogens with zero attached hydrogens (tertiary/aromatic N) is 1. The van der Waals surface area contributed by atoms with Crippen LogP contribution in [0.4, 0.5) is 8.78 Å². The first-order chi connectivity index (χ1) is 14.4. The number of aromatic hydroxyl groups is 2. The molecule has 30 heavy (non-hydrogen) atoms. The van der Waals surface area contributed by atoms with Gasteiger partial charge in [-0.3, -0.25) is 9.69 Å². The van der Waals surface area contributed by atoms with E-state index in [2.05, 4.69) is 4.90 Å². The Labute approximate surface area is 169 Å². The van der Waals surface area contributed by atoms with Crippen LogP contribution in [0.5, 0.6) is 17.2 Å². The first kappa shape index (κ1) is 20.1. The van der Waals surface area contributed by atoms with E-state index in [1.807, 2.05) is 0 Å². The van der Waals surface area contributed by atoms with Crippen LogP contribution in [0.1, 0.15) is 0 Å². The van der Waals surface area contributed by atoms with E-state index in [9.17, 15) is 23.8 Å². The molecule has 3 aromatic rings. The summed E-state index contributed by atoms with van der Waals surface area (Å²) in [4.78, 5) is 15.2. The first-order valence-electron chi connectivity index (χ1n) is 9.35. The standard InChI is InChI=1S/C21H19F2NO6/c22-14-2-1-12(9-15(14)23)20-21(29-8-5-24-3-6-28-7-4-24)19(27)18-16(26)10-13(25)11-17(18)30-20/h1-2,9-11,25-26H,3-8H2. The molecule has 0 bridgehead atoms. The van der Waals surface area contributed by atoms with Crippen molar-refractivity contribution in [3.05, 3.63) is 52.2 Å². The smallest absolute Gasteiger partial charge is 0.239 e. The van der Waals surface area contributed by atoms with Crippen molar-refractivity contribution < 1.29 is 32.9 Å². The number of hydrogen-bond acceptors (Lipinski definition) is 7. The monoisotopic (exact) mass is 419 g/mol. The number of phenols is 2. The minimum atomic E-state index is -1.12. The molecule has 0 saturated carbocycles. The summed E-state index contributed by atoms with van der Waals surface area (Å²) in [6.07, 6.45) is 0. The lowest BCUT2D eigenvalue weighted by molar-refractivity contribution is 0.0321. The predicted molar refractivity (Wildman–Crippen MR) is 104 cm³/mol. The van der Waals surface area contributed by atoms with Crippen molar-refractivity contribution in [3.8, 4) is 28.6 Å². The lowest BCUT2D eigenvalue weighted by atomic mass is 10.1. The Kier molecular flexibility index (Phi) is 5.56. The number of fused-ring (bicyclic) bond motifs is 1. The normalized spacial score (nSPS) is 14.9. The Morgan fingerprint density at radius 3 is 2.57 bits per heavy atom. The topological polar surface area (TPSA) is 92.4 Å². The van der Waals surface area contributed by atoms with Gasteiger partial charge in [-0.1, -0.05) is 0 Å². The van der Waals surface area contributed by atoms with Crippen molar-refractivity contribution in [2.75, 3.05) is 39.5 Å². The number of hydrogen-bond donors (Lipinski definition) is 2. The summed E-state index contributed by atoms with van der Waals surface area (Å²) >= 11 is 0. The third-order valence-electron chi connectivity index (χ3n) is 4.86. The molecule has 7 nitrogen and oxygen atoms in total. The Balaban J connectivity index is 1.77. The Bertz CT molecular complexity index is 1140. The Hall–Kier alpha value is -3.17. The van der Waals surface area contributed by atoms with Gasteiger partial charge in [0.1, 0.15) is 29.1 Å². The summed E-state index contributed by atoms with van der Waals surface area (Å²) in [7, 11) is 0. The third-order valence-corrected chi connectivity index (χ3v) is 4.86. The van der Waals surface area contributed by atoms with Crippen LogP contribution in [0.25, 0.3) is 22.3 Å². The van der Waals surface area contributed by atoms with Gasteiger partial charge in [0.15, 0.2) is 17.4 Å². The van der Waals surface area contributed by atoms with E-state index >= 15 is 0 Å². The molecule has 0 unspecified atom stereocenters. The average Bonchev–Trinajstić information content (AvgIpc) is 2.71. The summed E-state index contributed by atoms with van der Waals surface area (Å²) in [5, 5.41) is 19.7. The fourth-order valence-corrected chi connectivity index (χ4v) is 3.33. The van der Waals surface area contributed by atoms with E-state index in [1.165, 1.54) is 6.07 Å². The van der Waals surface area contributed by atoms with Crippen molar-refractivity contribution in [1.29, 1.82) is 0 Å². The molecule has 0 amide bonds. The van der Waals surface area contributed by atoms with Crippen molar-refractivity contribution in [2.24, 2.45) is 0 Å². The highest BCUT2D eigenvalue weighted by atomic mass is 19.2. The lowest BCUT2D eigenvalue weighted by Crippen LogP contribution is -2.38. The second-order valence-corrected chi connectivity index (χ2v) is 6.86. The highest BCUT2D eigenvalue weighted by Crippen LogP contribution is 2.36. The third kappa shape index (κ3) is 3.94. The minimum Gasteiger partial charge on any atom is -0.508 e. The summed E-state index contributed by atoms with van der Waals surface area (Å²) in [6, 6.07) is 5.20. The van der Waals surface area contributed by atoms with E-state index in [4.69, 9.17) is 13.9 Å². The van der Waals surface area contributed by atoms with Crippen LogP contribution in [0.2, 0.25) is 0 Å². The number of rotatable bonds is 5. The molecule has 1 fully saturated rings. The lowest BCUT2D eigenvalue weighted by Gasteiger charge is -2.26. The van der Waals surface area contributed by atoms with Crippen LogP contribution >= 0.6 is 0 Å². The molecule has 2 heterocycles. The second kappa shape index (κ2) is 8.29. The fourth-order valence-electron chi connectivity index (χ4n) is 3.33. The summed E-state index contributed by atoms with van der Waals surface area (Å²) in [5.74, 6) is -3.32. The number of ether oxygens (including phenoxy) is 2. The zero-order chi connectivity index (χ0) is 21.3. The molecule has 1 aromatic heterocycles. The fraction of sp³-hybridized carbons (Fsp3) is 0.286. The van der Waals surface area contributed by atoms with Crippen molar-refractivity contribution in [1.82, 2.24) is 4.90 Å². The number of morpholine rings is 1. The van der Waals surface area contributed by atoms with Gasteiger partial charge in [0, 0.05) is 37.3 Å². The van der Waals surface area contributed by atoms with Gasteiger partial charge in [-0.05, 0) is 18.2 Å². The zero-order valence-electron chi connectivity index (χ0n) is 15.9. The van der Waals surface area contributed by atoms with Crippen molar-refractivity contribution >= 4 is 11.0 Å². The molecule has 2 aromatic carbocycles. The molecule has 0 aliphatic carbocycles. The molecule has 4 rings (SSSR count). The maximum atomic E-state index is 13.8. The maximum absolute atomic E-state index is 13.8. The van der Waals surface area contributed by atoms with E-state index in [0.717, 1.165) is 37.4 Å². The number of benzene rings is 2. The predicted octanol–water partition coefficient (Wildman–Crippen LogP) is 2.86. The molecule has 0 spiro atoms. The van der Waals surface area contributed by atoms with E-state index < -0.39 is 22.8 Å². The maximum Gasteiger partial charge on any atom is 0.239 e. The van der Waals surface area contributed by atoms with Gasteiger partial charge in [0.2, 0.25) is 11.2 Å². The molecule has 1 aliphatic heterocycles. The second-order valence-electron chi connectivity index (χ2n) is 6.86. The SMILES string of the molecule is O=c1c(OCCN2CCOCC2)c(-c2ccc(F)c(F)c2)oc2cc(O)cc(O)c12. The summed E-state index contributed by atoms with van der Waals surface area (Å²) in [6.45, 7) is 3.31. The number of halogens is 2. The van der Waals surface area contributed by atoms with Crippen LogP contribution in [0.15, 0.2) is 39.5 Å². The first-order valence-corrected chi connectivity index (χ1v) is 9.35. The number of phenolic OH excluding ortho intramolecular Hbond substituents is 2. The molecular formula is C21H19F2NO6. The molecule has 0 radical (unpaired) electrons. The minimum absolute atomic E-state index is 0.0807.